The second-order valence-corrected chi connectivity index (χ2v) is 7.89. The number of carbonyl (C=O) groups is 1. The van der Waals surface area contributed by atoms with Gasteiger partial charge in [-0.15, -0.1) is 0 Å². The highest BCUT2D eigenvalue weighted by atomic mass is 19.1. The Morgan fingerprint density at radius 3 is 2.62 bits per heavy atom. The van der Waals surface area contributed by atoms with Crippen LogP contribution < -0.4 is 14.8 Å². The lowest BCUT2D eigenvalue weighted by Gasteiger charge is -2.15. The fourth-order valence-corrected chi connectivity index (χ4v) is 3.94. The zero-order valence-electron chi connectivity index (χ0n) is 19.6. The van der Waals surface area contributed by atoms with Crippen LogP contribution in [-0.4, -0.2) is 19.6 Å². The summed E-state index contributed by atoms with van der Waals surface area (Å²) in [5, 5.41) is 3.68. The van der Waals surface area contributed by atoms with E-state index in [9.17, 15) is 9.18 Å². The summed E-state index contributed by atoms with van der Waals surface area (Å²) >= 11 is 0. The minimum atomic E-state index is -0.359. The minimum absolute atomic E-state index is 0.315. The quantitative estimate of drug-likeness (QED) is 0.302. The van der Waals surface area contributed by atoms with Gasteiger partial charge in [0.1, 0.15) is 22.9 Å². The van der Waals surface area contributed by atoms with Crippen molar-refractivity contribution in [2.75, 3.05) is 19.0 Å². The molecular weight excluding hydrogens is 433 g/mol. The smallest absolute Gasteiger partial charge is 0.248 e. The van der Waals surface area contributed by atoms with Gasteiger partial charge in [0.05, 0.1) is 20.0 Å². The number of allylic oxidation sites excluding steroid dienone is 1. The first-order valence-corrected chi connectivity index (χ1v) is 11.0. The Hall–Kier alpha value is -4.06. The van der Waals surface area contributed by atoms with Crippen molar-refractivity contribution < 1.29 is 23.1 Å². The molecule has 34 heavy (non-hydrogen) atoms. The number of halogens is 1. The van der Waals surface area contributed by atoms with Crippen LogP contribution in [0.2, 0.25) is 0 Å². The minimum Gasteiger partial charge on any atom is -0.497 e. The summed E-state index contributed by atoms with van der Waals surface area (Å²) in [5.41, 5.74) is 5.51. The van der Waals surface area contributed by atoms with E-state index in [1.165, 1.54) is 30.3 Å². The summed E-state index contributed by atoms with van der Waals surface area (Å²) < 4.78 is 30.4. The lowest BCUT2D eigenvalue weighted by atomic mass is 9.96. The number of anilines is 1. The van der Waals surface area contributed by atoms with E-state index in [0.717, 1.165) is 44.5 Å². The van der Waals surface area contributed by atoms with E-state index in [-0.39, 0.29) is 11.7 Å². The lowest BCUT2D eigenvalue weighted by Crippen LogP contribution is -2.09. The van der Waals surface area contributed by atoms with Crippen LogP contribution in [0.1, 0.15) is 25.0 Å². The standard InChI is InChI=1S/C28H26FNO4/c1-5-33-27-18(3)28-24(25(16-34-28)19-7-6-8-22(14-19)32-4)15-23(27)17(2)13-26(31)30-21-11-9-20(29)10-12-21/h6-16H,5H2,1-4H3,(H,30,31)/b17-13+. The molecule has 1 aromatic heterocycles. The predicted molar refractivity (Wildman–Crippen MR) is 133 cm³/mol. The monoisotopic (exact) mass is 459 g/mol. The maximum Gasteiger partial charge on any atom is 0.248 e. The van der Waals surface area contributed by atoms with Gasteiger partial charge in [0, 0.05) is 33.8 Å². The van der Waals surface area contributed by atoms with Gasteiger partial charge in [-0.2, -0.15) is 0 Å². The van der Waals surface area contributed by atoms with Gasteiger partial charge in [0.25, 0.3) is 0 Å². The molecule has 1 amide bonds. The zero-order valence-corrected chi connectivity index (χ0v) is 19.6. The maximum atomic E-state index is 13.2. The molecule has 1 N–H and O–H groups in total. The van der Waals surface area contributed by atoms with E-state index in [2.05, 4.69) is 5.32 Å². The third-order valence-electron chi connectivity index (χ3n) is 5.60. The number of nitrogens with one attached hydrogen (secondary N) is 1. The van der Waals surface area contributed by atoms with Crippen LogP contribution in [0.25, 0.3) is 27.7 Å². The van der Waals surface area contributed by atoms with Crippen LogP contribution in [0.5, 0.6) is 11.5 Å². The molecule has 0 saturated carbocycles. The number of hydrogen-bond donors (Lipinski definition) is 1. The molecule has 0 radical (unpaired) electrons. The molecule has 0 aliphatic carbocycles. The van der Waals surface area contributed by atoms with Gasteiger partial charge in [-0.25, -0.2) is 4.39 Å². The number of benzene rings is 3. The fraction of sp³-hybridized carbons (Fsp3) is 0.179. The molecule has 0 bridgehead atoms. The van der Waals surface area contributed by atoms with Crippen molar-refractivity contribution in [3.8, 4) is 22.6 Å². The highest BCUT2D eigenvalue weighted by Gasteiger charge is 2.19. The zero-order chi connectivity index (χ0) is 24.2. The Kier molecular flexibility index (Phi) is 6.68. The number of amides is 1. The molecule has 0 unspecified atom stereocenters. The number of carbonyl (C=O) groups excluding carboxylic acids is 1. The van der Waals surface area contributed by atoms with E-state index in [1.54, 1.807) is 13.4 Å². The maximum absolute atomic E-state index is 13.2. The van der Waals surface area contributed by atoms with Crippen molar-refractivity contribution in [1.29, 1.82) is 0 Å². The van der Waals surface area contributed by atoms with E-state index in [1.807, 2.05) is 51.1 Å². The number of furan rings is 1. The molecule has 5 nitrogen and oxygen atoms in total. The Morgan fingerprint density at radius 1 is 1.15 bits per heavy atom. The number of methoxy groups -OCH3 is 1. The summed E-state index contributed by atoms with van der Waals surface area (Å²) in [6.45, 7) is 6.19. The Balaban J connectivity index is 1.78. The van der Waals surface area contributed by atoms with Crippen LogP contribution in [-0.2, 0) is 4.79 Å². The Labute approximate surface area is 197 Å². The summed E-state index contributed by atoms with van der Waals surface area (Å²) in [7, 11) is 1.63. The van der Waals surface area contributed by atoms with E-state index >= 15 is 0 Å². The molecule has 4 rings (SSSR count). The van der Waals surface area contributed by atoms with E-state index in [0.29, 0.717) is 18.0 Å². The number of hydrogen-bond acceptors (Lipinski definition) is 4. The highest BCUT2D eigenvalue weighted by molar-refractivity contribution is 6.06. The molecule has 0 saturated heterocycles. The number of aryl methyl sites for hydroxylation is 1. The molecule has 0 aliphatic rings. The van der Waals surface area contributed by atoms with Crippen LogP contribution in [0.15, 0.2) is 71.4 Å². The lowest BCUT2D eigenvalue weighted by molar-refractivity contribution is -0.111. The van der Waals surface area contributed by atoms with Crippen LogP contribution in [0, 0.1) is 12.7 Å². The van der Waals surface area contributed by atoms with Crippen molar-refractivity contribution >= 4 is 28.1 Å². The molecule has 1 heterocycles. The van der Waals surface area contributed by atoms with Gasteiger partial charge in [-0.3, -0.25) is 4.79 Å². The molecule has 0 spiro atoms. The average Bonchev–Trinajstić information content (AvgIpc) is 3.26. The summed E-state index contributed by atoms with van der Waals surface area (Å²) in [6.07, 6.45) is 3.24. The van der Waals surface area contributed by atoms with Gasteiger partial charge < -0.3 is 19.2 Å². The summed E-state index contributed by atoms with van der Waals surface area (Å²) in [4.78, 5) is 12.7. The van der Waals surface area contributed by atoms with Crippen molar-refractivity contribution in [3.63, 3.8) is 0 Å². The van der Waals surface area contributed by atoms with Crippen molar-refractivity contribution in [1.82, 2.24) is 0 Å². The highest BCUT2D eigenvalue weighted by Crippen LogP contribution is 2.41. The number of rotatable bonds is 7. The van der Waals surface area contributed by atoms with Crippen molar-refractivity contribution in [2.45, 2.75) is 20.8 Å². The average molecular weight is 460 g/mol. The molecule has 3 aromatic carbocycles. The largest absolute Gasteiger partial charge is 0.497 e. The summed E-state index contributed by atoms with van der Waals surface area (Å²) in [5.74, 6) is 0.750. The SMILES string of the molecule is CCOc1c(/C(C)=C/C(=O)Nc2ccc(F)cc2)cc2c(-c3cccc(OC)c3)coc2c1C. The third kappa shape index (κ3) is 4.66. The molecule has 6 heteroatoms. The third-order valence-corrected chi connectivity index (χ3v) is 5.60. The predicted octanol–water partition coefficient (Wildman–Crippen LogP) is 7.00. The fourth-order valence-electron chi connectivity index (χ4n) is 3.94. The first-order chi connectivity index (χ1) is 16.4. The molecule has 0 aliphatic heterocycles. The molecule has 0 atom stereocenters. The number of fused-ring (bicyclic) bond motifs is 1. The van der Waals surface area contributed by atoms with E-state index < -0.39 is 0 Å². The van der Waals surface area contributed by atoms with Crippen LogP contribution in [0.3, 0.4) is 0 Å². The van der Waals surface area contributed by atoms with Gasteiger partial charge in [-0.05, 0) is 74.4 Å². The first-order valence-electron chi connectivity index (χ1n) is 11.0. The molecule has 4 aromatic rings. The second kappa shape index (κ2) is 9.83. The van der Waals surface area contributed by atoms with E-state index in [4.69, 9.17) is 13.9 Å². The van der Waals surface area contributed by atoms with Gasteiger partial charge in [0.15, 0.2) is 0 Å². The first kappa shape index (κ1) is 23.1. The normalized spacial score (nSPS) is 11.5. The molecule has 174 valence electrons. The van der Waals surface area contributed by atoms with Gasteiger partial charge in [0.2, 0.25) is 5.91 Å². The Bertz CT molecular complexity index is 1370. The van der Waals surface area contributed by atoms with Crippen LogP contribution in [0.4, 0.5) is 10.1 Å². The second-order valence-electron chi connectivity index (χ2n) is 7.89. The summed E-state index contributed by atoms with van der Waals surface area (Å²) in [6, 6.07) is 15.4. The topological polar surface area (TPSA) is 60.7 Å². The van der Waals surface area contributed by atoms with Crippen LogP contribution >= 0.6 is 0 Å². The molecular formula is C28H26FNO4. The van der Waals surface area contributed by atoms with Crippen molar-refractivity contribution in [2.24, 2.45) is 0 Å². The number of ether oxygens (including phenoxy) is 2. The molecule has 0 fully saturated rings. The van der Waals surface area contributed by atoms with Crippen molar-refractivity contribution in [3.05, 3.63) is 83.9 Å². The van der Waals surface area contributed by atoms with Gasteiger partial charge >= 0.3 is 0 Å². The van der Waals surface area contributed by atoms with Gasteiger partial charge in [-0.1, -0.05) is 12.1 Å². The Morgan fingerprint density at radius 2 is 1.91 bits per heavy atom.